The number of nitrogens with two attached hydrogens (primary N) is 1. The van der Waals surface area contributed by atoms with Crippen LogP contribution in [0.3, 0.4) is 0 Å². The molecular formula is C2H7NO3S2. The summed E-state index contributed by atoms with van der Waals surface area (Å²) >= 11 is 3.54. The van der Waals surface area contributed by atoms with Gasteiger partial charge in [0.25, 0.3) is 10.1 Å². The van der Waals surface area contributed by atoms with Gasteiger partial charge in [0, 0.05) is 5.75 Å². The van der Waals surface area contributed by atoms with E-state index in [0.29, 0.717) is 0 Å². The van der Waals surface area contributed by atoms with Gasteiger partial charge in [-0.05, 0) is 0 Å². The van der Waals surface area contributed by atoms with Gasteiger partial charge in [-0.15, -0.1) is 0 Å². The van der Waals surface area contributed by atoms with Crippen molar-refractivity contribution in [3.05, 3.63) is 0 Å². The molecule has 0 aliphatic carbocycles. The highest BCUT2D eigenvalue weighted by Crippen LogP contribution is 1.91. The molecule has 0 radical (unpaired) electrons. The second-order valence-electron chi connectivity index (χ2n) is 1.24. The first-order chi connectivity index (χ1) is 3.48. The second-order valence-corrected chi connectivity index (χ2v) is 3.24. The van der Waals surface area contributed by atoms with Gasteiger partial charge in [0.15, 0.2) is 0 Å². The summed E-state index contributed by atoms with van der Waals surface area (Å²) in [5, 5.41) is -1.26. The highest BCUT2D eigenvalue weighted by atomic mass is 32.2. The molecule has 0 aliphatic heterocycles. The van der Waals surface area contributed by atoms with Gasteiger partial charge in [0.1, 0.15) is 5.37 Å². The third kappa shape index (κ3) is 2.51. The highest BCUT2D eigenvalue weighted by molar-refractivity contribution is 7.88. The smallest absolute Gasteiger partial charge is 0.281 e. The van der Waals surface area contributed by atoms with Crippen LogP contribution in [0.5, 0.6) is 0 Å². The number of hydrogen-bond donors (Lipinski definition) is 3. The van der Waals surface area contributed by atoms with E-state index in [4.69, 9.17) is 10.3 Å². The lowest BCUT2D eigenvalue weighted by Crippen LogP contribution is -2.31. The molecular weight excluding hydrogens is 150 g/mol. The van der Waals surface area contributed by atoms with Gasteiger partial charge in [0.2, 0.25) is 0 Å². The van der Waals surface area contributed by atoms with E-state index >= 15 is 0 Å². The molecule has 0 aromatic rings. The fourth-order valence-electron chi connectivity index (χ4n) is 0.0942. The third-order valence-corrected chi connectivity index (χ3v) is 2.13. The van der Waals surface area contributed by atoms with E-state index < -0.39 is 15.5 Å². The lowest BCUT2D eigenvalue weighted by atomic mass is 10.8. The van der Waals surface area contributed by atoms with Crippen molar-refractivity contribution in [1.29, 1.82) is 0 Å². The minimum absolute atomic E-state index is 0.0706. The molecule has 0 aromatic carbocycles. The van der Waals surface area contributed by atoms with Crippen molar-refractivity contribution < 1.29 is 13.0 Å². The van der Waals surface area contributed by atoms with Crippen molar-refractivity contribution in [1.82, 2.24) is 0 Å². The highest BCUT2D eigenvalue weighted by Gasteiger charge is 2.14. The average Bonchev–Trinajstić information content (AvgIpc) is 1.62. The van der Waals surface area contributed by atoms with Crippen molar-refractivity contribution in [3.8, 4) is 0 Å². The lowest BCUT2D eigenvalue weighted by molar-refractivity contribution is 0.472. The summed E-state index contributed by atoms with van der Waals surface area (Å²) in [5.74, 6) is -0.0706. The van der Waals surface area contributed by atoms with Crippen LogP contribution >= 0.6 is 12.6 Å². The topological polar surface area (TPSA) is 80.4 Å². The Kier molecular flexibility index (Phi) is 2.75. The Balaban J connectivity index is 4.04. The molecule has 4 nitrogen and oxygen atoms in total. The molecule has 6 heteroatoms. The average molecular weight is 157 g/mol. The van der Waals surface area contributed by atoms with Crippen LogP contribution < -0.4 is 5.73 Å². The Morgan fingerprint density at radius 1 is 1.75 bits per heavy atom. The summed E-state index contributed by atoms with van der Waals surface area (Å²) in [4.78, 5) is 0. The van der Waals surface area contributed by atoms with E-state index in [2.05, 4.69) is 12.6 Å². The number of hydrogen-bond acceptors (Lipinski definition) is 4. The zero-order valence-electron chi connectivity index (χ0n) is 3.98. The predicted octanol–water partition coefficient (Wildman–Crippen LogP) is -0.911. The molecule has 8 heavy (non-hydrogen) atoms. The molecule has 0 fully saturated rings. The summed E-state index contributed by atoms with van der Waals surface area (Å²) in [6.07, 6.45) is 0. The fraction of sp³-hybridized carbons (Fsp3) is 1.00. The molecule has 0 saturated carbocycles. The van der Waals surface area contributed by atoms with Crippen LogP contribution in [0.4, 0.5) is 0 Å². The number of rotatable bonds is 2. The molecule has 0 heterocycles. The van der Waals surface area contributed by atoms with Crippen LogP contribution in [0.1, 0.15) is 0 Å². The van der Waals surface area contributed by atoms with E-state index in [1.807, 2.05) is 0 Å². The van der Waals surface area contributed by atoms with Gasteiger partial charge in [0.05, 0.1) is 0 Å². The molecule has 1 atom stereocenters. The standard InChI is InChI=1S/C2H7NO3S2/c3-2(1-7)8(4,5)6/h2,7H,1,3H2,(H,4,5,6). The zero-order chi connectivity index (χ0) is 6.78. The summed E-state index contributed by atoms with van der Waals surface area (Å²) in [5.41, 5.74) is 4.84. The first kappa shape index (κ1) is 8.22. The fourth-order valence-corrected chi connectivity index (χ4v) is 0.848. The van der Waals surface area contributed by atoms with E-state index in [1.54, 1.807) is 0 Å². The van der Waals surface area contributed by atoms with E-state index in [-0.39, 0.29) is 5.75 Å². The zero-order valence-corrected chi connectivity index (χ0v) is 5.69. The first-order valence-corrected chi connectivity index (χ1v) is 3.95. The van der Waals surface area contributed by atoms with Gasteiger partial charge in [-0.25, -0.2) is 0 Å². The Labute approximate surface area is 53.2 Å². The Bertz CT molecular complexity index is 151. The summed E-state index contributed by atoms with van der Waals surface area (Å²) in [6.45, 7) is 0. The maximum Gasteiger partial charge on any atom is 0.281 e. The van der Waals surface area contributed by atoms with Crippen molar-refractivity contribution in [2.75, 3.05) is 5.75 Å². The molecule has 0 rings (SSSR count). The molecule has 50 valence electrons. The van der Waals surface area contributed by atoms with E-state index in [9.17, 15) is 8.42 Å². The SMILES string of the molecule is NC(CS)S(=O)(=O)O. The van der Waals surface area contributed by atoms with Crippen LogP contribution in [0.15, 0.2) is 0 Å². The maximum atomic E-state index is 9.94. The molecule has 0 aromatic heterocycles. The van der Waals surface area contributed by atoms with Gasteiger partial charge >= 0.3 is 0 Å². The Morgan fingerprint density at radius 2 is 2.12 bits per heavy atom. The molecule has 3 N–H and O–H groups in total. The van der Waals surface area contributed by atoms with Crippen LogP contribution in [0.2, 0.25) is 0 Å². The lowest BCUT2D eigenvalue weighted by Gasteiger charge is -2.00. The molecule has 0 aliphatic rings. The normalized spacial score (nSPS) is 15.9. The quantitative estimate of drug-likeness (QED) is 0.358. The van der Waals surface area contributed by atoms with Crippen molar-refractivity contribution in [3.63, 3.8) is 0 Å². The van der Waals surface area contributed by atoms with Crippen LogP contribution in [-0.2, 0) is 10.1 Å². The number of thiol groups is 1. The van der Waals surface area contributed by atoms with Crippen molar-refractivity contribution in [2.24, 2.45) is 5.73 Å². The molecule has 0 saturated heterocycles. The predicted molar refractivity (Wildman–Crippen MR) is 33.4 cm³/mol. The molecule has 0 spiro atoms. The van der Waals surface area contributed by atoms with Crippen molar-refractivity contribution >= 4 is 22.7 Å². The van der Waals surface area contributed by atoms with Gasteiger partial charge < -0.3 is 5.73 Å². The van der Waals surface area contributed by atoms with Crippen LogP contribution in [0.25, 0.3) is 0 Å². The molecule has 0 bridgehead atoms. The monoisotopic (exact) mass is 157 g/mol. The van der Waals surface area contributed by atoms with Crippen LogP contribution in [-0.4, -0.2) is 24.1 Å². The van der Waals surface area contributed by atoms with E-state index in [1.165, 1.54) is 0 Å². The summed E-state index contributed by atoms with van der Waals surface area (Å²) in [7, 11) is -4.05. The largest absolute Gasteiger partial charge is 0.312 e. The Hall–Kier alpha value is 0.220. The van der Waals surface area contributed by atoms with Gasteiger partial charge in [-0.3, -0.25) is 4.55 Å². The van der Waals surface area contributed by atoms with Crippen molar-refractivity contribution in [2.45, 2.75) is 5.37 Å². The van der Waals surface area contributed by atoms with Gasteiger partial charge in [-0.1, -0.05) is 0 Å². The summed E-state index contributed by atoms with van der Waals surface area (Å²) in [6, 6.07) is 0. The summed E-state index contributed by atoms with van der Waals surface area (Å²) < 4.78 is 28.0. The van der Waals surface area contributed by atoms with Gasteiger partial charge in [-0.2, -0.15) is 21.0 Å². The Morgan fingerprint density at radius 3 is 2.12 bits per heavy atom. The van der Waals surface area contributed by atoms with Crippen LogP contribution in [0, 0.1) is 0 Å². The molecule has 1 unspecified atom stereocenters. The second kappa shape index (κ2) is 2.67. The maximum absolute atomic E-state index is 9.94. The minimum Gasteiger partial charge on any atom is -0.312 e. The third-order valence-electron chi connectivity index (χ3n) is 0.563. The van der Waals surface area contributed by atoms with E-state index in [0.717, 1.165) is 0 Å². The minimum atomic E-state index is -4.05. The molecule has 0 amide bonds. The first-order valence-electron chi connectivity index (χ1n) is 1.81.